The lowest BCUT2D eigenvalue weighted by Gasteiger charge is -2.03. The number of carbonyl (C=O) groups excluding carboxylic acids is 1. The number of furan rings is 1. The molecule has 6 heteroatoms. The van der Waals surface area contributed by atoms with Gasteiger partial charge in [0.15, 0.2) is 0 Å². The zero-order valence-corrected chi connectivity index (χ0v) is 10.9. The van der Waals surface area contributed by atoms with Crippen molar-refractivity contribution in [1.82, 2.24) is 8.75 Å². The molecule has 1 aromatic carbocycles. The van der Waals surface area contributed by atoms with Crippen LogP contribution in [0.25, 0.3) is 11.0 Å². The summed E-state index contributed by atoms with van der Waals surface area (Å²) < 4.78 is 18.6. The van der Waals surface area contributed by atoms with Gasteiger partial charge in [-0.15, -0.1) is 0 Å². The Hall–Kier alpha value is -2.21. The molecule has 3 rings (SSSR count). The molecule has 0 amide bonds. The molecule has 0 bridgehead atoms. The number of nitrogens with zero attached hydrogens (tertiary/aromatic N) is 2. The maximum absolute atomic E-state index is 11.9. The van der Waals surface area contributed by atoms with E-state index in [1.165, 1.54) is 0 Å². The molecule has 0 aliphatic heterocycles. The number of aromatic nitrogens is 2. The van der Waals surface area contributed by atoms with Gasteiger partial charge in [-0.2, -0.15) is 8.75 Å². The molecule has 0 saturated heterocycles. The highest BCUT2D eigenvalue weighted by Gasteiger charge is 2.11. The molecule has 3 aromatic rings. The Bertz CT molecular complexity index is 732. The highest BCUT2D eigenvalue weighted by atomic mass is 32.1. The van der Waals surface area contributed by atoms with E-state index in [0.29, 0.717) is 11.1 Å². The van der Waals surface area contributed by atoms with Gasteiger partial charge in [0.05, 0.1) is 23.6 Å². The summed E-state index contributed by atoms with van der Waals surface area (Å²) >= 11 is 1.12. The van der Waals surface area contributed by atoms with Crippen molar-refractivity contribution in [2.75, 3.05) is 0 Å². The minimum Gasteiger partial charge on any atom is -0.469 e. The van der Waals surface area contributed by atoms with E-state index < -0.39 is 0 Å². The quantitative estimate of drug-likeness (QED) is 0.687. The molecule has 0 unspecified atom stereocenters. The summed E-state index contributed by atoms with van der Waals surface area (Å²) in [7, 11) is 0. The van der Waals surface area contributed by atoms with Gasteiger partial charge >= 0.3 is 5.97 Å². The molecule has 0 aliphatic rings. The van der Waals surface area contributed by atoms with Crippen molar-refractivity contribution in [2.45, 2.75) is 13.5 Å². The second kappa shape index (κ2) is 4.81. The average molecular weight is 274 g/mol. The molecule has 0 N–H and O–H groups in total. The van der Waals surface area contributed by atoms with Crippen LogP contribution in [-0.4, -0.2) is 14.7 Å². The number of ether oxygens (including phenoxy) is 1. The van der Waals surface area contributed by atoms with Gasteiger partial charge in [-0.3, -0.25) is 0 Å². The fourth-order valence-corrected chi connectivity index (χ4v) is 2.21. The Kier molecular flexibility index (Phi) is 3.00. The van der Waals surface area contributed by atoms with Gasteiger partial charge in [0.1, 0.15) is 23.4 Å². The van der Waals surface area contributed by atoms with Crippen LogP contribution in [0.2, 0.25) is 0 Å². The summed E-state index contributed by atoms with van der Waals surface area (Å²) in [5.41, 5.74) is 2.83. The van der Waals surface area contributed by atoms with Gasteiger partial charge < -0.3 is 9.15 Å². The van der Waals surface area contributed by atoms with Gasteiger partial charge in [0.2, 0.25) is 0 Å². The van der Waals surface area contributed by atoms with Crippen molar-refractivity contribution in [3.05, 3.63) is 47.4 Å². The van der Waals surface area contributed by atoms with E-state index >= 15 is 0 Å². The number of aryl methyl sites for hydroxylation is 1. The molecule has 0 fully saturated rings. The van der Waals surface area contributed by atoms with Crippen molar-refractivity contribution in [1.29, 1.82) is 0 Å². The van der Waals surface area contributed by atoms with Crippen molar-refractivity contribution < 1.29 is 13.9 Å². The zero-order valence-electron chi connectivity index (χ0n) is 10.1. The summed E-state index contributed by atoms with van der Waals surface area (Å²) in [5.74, 6) is 0.377. The molecular formula is C13H10N2O3S. The lowest BCUT2D eigenvalue weighted by Crippen LogP contribution is -2.05. The van der Waals surface area contributed by atoms with Crippen LogP contribution < -0.4 is 0 Å². The Morgan fingerprint density at radius 1 is 1.32 bits per heavy atom. The second-order valence-corrected chi connectivity index (χ2v) is 4.57. The molecule has 0 atom stereocenters. The number of rotatable bonds is 3. The van der Waals surface area contributed by atoms with Crippen LogP contribution in [0.1, 0.15) is 21.7 Å². The van der Waals surface area contributed by atoms with Gasteiger partial charge in [0.25, 0.3) is 0 Å². The third-order valence-electron chi connectivity index (χ3n) is 2.81. The Balaban J connectivity index is 1.74. The molecule has 0 radical (unpaired) electrons. The fourth-order valence-electron chi connectivity index (χ4n) is 1.70. The standard InChI is InChI=1S/C13H10N2O3S/c1-8-10(4-5-17-8)7-18-13(16)9-2-3-11-12(6-9)15-19-14-11/h2-6H,7H2,1H3. The summed E-state index contributed by atoms with van der Waals surface area (Å²) in [5, 5.41) is 0. The van der Waals surface area contributed by atoms with Crippen LogP contribution in [-0.2, 0) is 11.3 Å². The second-order valence-electron chi connectivity index (χ2n) is 4.05. The predicted molar refractivity (Wildman–Crippen MR) is 70.0 cm³/mol. The molecule has 96 valence electrons. The van der Waals surface area contributed by atoms with Gasteiger partial charge in [-0.1, -0.05) is 0 Å². The normalized spacial score (nSPS) is 10.8. The topological polar surface area (TPSA) is 65.2 Å². The van der Waals surface area contributed by atoms with Crippen LogP contribution in [0.15, 0.2) is 34.9 Å². The third kappa shape index (κ3) is 2.34. The van der Waals surface area contributed by atoms with E-state index in [9.17, 15) is 4.79 Å². The number of esters is 1. The zero-order chi connectivity index (χ0) is 13.2. The van der Waals surface area contributed by atoms with Crippen molar-refractivity contribution >= 4 is 28.7 Å². The van der Waals surface area contributed by atoms with Crippen LogP contribution in [0.4, 0.5) is 0 Å². The number of hydrogen-bond acceptors (Lipinski definition) is 6. The minimum absolute atomic E-state index is 0.203. The van der Waals surface area contributed by atoms with E-state index in [1.54, 1.807) is 30.5 Å². The van der Waals surface area contributed by atoms with E-state index in [1.807, 2.05) is 6.92 Å². The lowest BCUT2D eigenvalue weighted by atomic mass is 10.2. The molecule has 19 heavy (non-hydrogen) atoms. The summed E-state index contributed by atoms with van der Waals surface area (Å²) in [6.07, 6.45) is 1.57. The summed E-state index contributed by atoms with van der Waals surface area (Å²) in [6, 6.07) is 6.92. The SMILES string of the molecule is Cc1occc1COC(=O)c1ccc2nsnc2c1. The van der Waals surface area contributed by atoms with Crippen LogP contribution in [0, 0.1) is 6.92 Å². The molecule has 0 aliphatic carbocycles. The summed E-state index contributed by atoms with van der Waals surface area (Å²) in [4.78, 5) is 11.9. The van der Waals surface area contributed by atoms with E-state index in [2.05, 4.69) is 8.75 Å². The predicted octanol–water partition coefficient (Wildman–Crippen LogP) is 2.95. The van der Waals surface area contributed by atoms with Crippen molar-refractivity contribution in [3.63, 3.8) is 0 Å². The first kappa shape index (κ1) is 11.9. The summed E-state index contributed by atoms with van der Waals surface area (Å²) in [6.45, 7) is 2.03. The molecule has 2 aromatic heterocycles. The lowest BCUT2D eigenvalue weighted by molar-refractivity contribution is 0.0471. The van der Waals surface area contributed by atoms with Gasteiger partial charge in [0, 0.05) is 5.56 Å². The first-order valence-corrected chi connectivity index (χ1v) is 6.39. The first-order valence-electron chi connectivity index (χ1n) is 5.66. The highest BCUT2D eigenvalue weighted by molar-refractivity contribution is 7.00. The van der Waals surface area contributed by atoms with Crippen molar-refractivity contribution in [2.24, 2.45) is 0 Å². The van der Waals surface area contributed by atoms with Crippen LogP contribution in [0.3, 0.4) is 0 Å². The maximum Gasteiger partial charge on any atom is 0.338 e. The van der Waals surface area contributed by atoms with Gasteiger partial charge in [-0.25, -0.2) is 4.79 Å². The van der Waals surface area contributed by atoms with E-state index in [0.717, 1.165) is 28.6 Å². The molecule has 0 spiro atoms. The van der Waals surface area contributed by atoms with Crippen molar-refractivity contribution in [3.8, 4) is 0 Å². The van der Waals surface area contributed by atoms with Crippen LogP contribution in [0.5, 0.6) is 0 Å². The number of carbonyl (C=O) groups is 1. The number of benzene rings is 1. The highest BCUT2D eigenvalue weighted by Crippen LogP contribution is 2.16. The number of hydrogen-bond donors (Lipinski definition) is 0. The Morgan fingerprint density at radius 3 is 2.95 bits per heavy atom. The average Bonchev–Trinajstić information content (AvgIpc) is 3.03. The molecule has 5 nitrogen and oxygen atoms in total. The van der Waals surface area contributed by atoms with E-state index in [4.69, 9.17) is 9.15 Å². The monoisotopic (exact) mass is 274 g/mol. The third-order valence-corrected chi connectivity index (χ3v) is 3.37. The molecular weight excluding hydrogens is 264 g/mol. The largest absolute Gasteiger partial charge is 0.469 e. The minimum atomic E-state index is -0.379. The maximum atomic E-state index is 11.9. The first-order chi connectivity index (χ1) is 9.24. The van der Waals surface area contributed by atoms with E-state index in [-0.39, 0.29) is 12.6 Å². The Morgan fingerprint density at radius 2 is 2.16 bits per heavy atom. The van der Waals surface area contributed by atoms with Gasteiger partial charge in [-0.05, 0) is 31.2 Å². The number of fused-ring (bicyclic) bond motifs is 1. The Labute approximate surface area is 113 Å². The fraction of sp³-hybridized carbons (Fsp3) is 0.154. The molecule has 2 heterocycles. The smallest absolute Gasteiger partial charge is 0.338 e. The van der Waals surface area contributed by atoms with Crippen LogP contribution >= 0.6 is 11.7 Å². The molecule has 0 saturated carbocycles.